The standard InChI is InChI=1S/C77H135NO18/c1-3-5-7-9-11-13-15-17-19-21-23-25-27-28-29-30-31-33-34-36-38-40-42-44-46-48-50-52-54-61(82)60(78-65(83)55-53-51-49-47-45-43-41-39-37-35-32-26-24-22-20-18-16-14-12-10-8-6-4-2)59-91-75-71(89)68(86)73(63(57-80)93-75)96-77-72(90)69(87)74(64(58-81)94-77)95-76-70(88)67(85)66(84)62(56-79)92-76/h6,8,12,14,18,20,24,26,35,37,44,46,52,54,60-64,66-77,79-82,84-90H,3-5,7,9-11,13,15-17,19,21-23,25,27-34,36,38-43,45,47-51,53,55-59H2,1-2H3,(H,78,83)/b8-6-,14-12-,20-18-,26-24-,37-35-,46-44+,54-52+. The van der Waals surface area contributed by atoms with Crippen molar-refractivity contribution in [2.75, 3.05) is 26.4 Å². The highest BCUT2D eigenvalue weighted by Gasteiger charge is 2.53. The summed E-state index contributed by atoms with van der Waals surface area (Å²) in [5, 5.41) is 121. The van der Waals surface area contributed by atoms with Gasteiger partial charge in [0.15, 0.2) is 18.9 Å². The van der Waals surface area contributed by atoms with Crippen LogP contribution in [0.1, 0.15) is 264 Å². The molecule has 19 heteroatoms. The number of aliphatic hydroxyl groups is 11. The van der Waals surface area contributed by atoms with Crippen LogP contribution < -0.4 is 5.32 Å². The van der Waals surface area contributed by atoms with Gasteiger partial charge in [-0.3, -0.25) is 4.79 Å². The van der Waals surface area contributed by atoms with Crippen molar-refractivity contribution in [1.82, 2.24) is 5.32 Å². The van der Waals surface area contributed by atoms with Crippen molar-refractivity contribution in [2.45, 2.75) is 369 Å². The largest absolute Gasteiger partial charge is 0.394 e. The summed E-state index contributed by atoms with van der Waals surface area (Å²) in [6, 6.07) is -1.00. The van der Waals surface area contributed by atoms with Gasteiger partial charge in [0.05, 0.1) is 38.6 Å². The third-order valence-corrected chi connectivity index (χ3v) is 18.4. The lowest BCUT2D eigenvalue weighted by Crippen LogP contribution is -2.66. The summed E-state index contributed by atoms with van der Waals surface area (Å²) in [6.07, 6.45) is 48.5. The van der Waals surface area contributed by atoms with Gasteiger partial charge in [0.25, 0.3) is 0 Å². The second-order valence-corrected chi connectivity index (χ2v) is 26.7. The van der Waals surface area contributed by atoms with Crippen LogP contribution in [-0.2, 0) is 33.2 Å². The average Bonchev–Trinajstić information content (AvgIpc) is 0.788. The van der Waals surface area contributed by atoms with E-state index >= 15 is 0 Å². The highest BCUT2D eigenvalue weighted by molar-refractivity contribution is 5.76. The summed E-state index contributed by atoms with van der Waals surface area (Å²) in [6.45, 7) is 1.61. The molecule has 3 fully saturated rings. The average molecular weight is 1360 g/mol. The first-order valence-electron chi connectivity index (χ1n) is 37.8. The number of carbonyl (C=O) groups excluding carboxylic acids is 1. The molecule has 0 aromatic rings. The second-order valence-electron chi connectivity index (χ2n) is 26.7. The van der Waals surface area contributed by atoms with Gasteiger partial charge in [-0.1, -0.05) is 266 Å². The Morgan fingerprint density at radius 2 is 0.729 bits per heavy atom. The first kappa shape index (κ1) is 87.2. The molecule has 0 radical (unpaired) electrons. The maximum absolute atomic E-state index is 13.4. The molecule has 0 aromatic carbocycles. The number of rotatable bonds is 58. The van der Waals surface area contributed by atoms with E-state index in [1.54, 1.807) is 6.08 Å². The van der Waals surface area contributed by atoms with Gasteiger partial charge in [-0.05, 0) is 77.0 Å². The van der Waals surface area contributed by atoms with Crippen LogP contribution in [0.25, 0.3) is 0 Å². The normalized spacial score (nSPS) is 27.5. The lowest BCUT2D eigenvalue weighted by atomic mass is 9.96. The second kappa shape index (κ2) is 57.6. The van der Waals surface area contributed by atoms with Gasteiger partial charge in [-0.25, -0.2) is 0 Å². The summed E-state index contributed by atoms with van der Waals surface area (Å²) in [5.74, 6) is -0.298. The first-order chi connectivity index (χ1) is 46.8. The van der Waals surface area contributed by atoms with Crippen molar-refractivity contribution in [3.63, 3.8) is 0 Å². The van der Waals surface area contributed by atoms with E-state index in [2.05, 4.69) is 92.1 Å². The van der Waals surface area contributed by atoms with Crippen LogP contribution in [0.15, 0.2) is 85.1 Å². The third-order valence-electron chi connectivity index (χ3n) is 18.4. The first-order valence-corrected chi connectivity index (χ1v) is 37.8. The smallest absolute Gasteiger partial charge is 0.220 e. The van der Waals surface area contributed by atoms with Crippen molar-refractivity contribution in [2.24, 2.45) is 0 Å². The van der Waals surface area contributed by atoms with Crippen LogP contribution in [-0.4, -0.2) is 193 Å². The fraction of sp³-hybridized carbons (Fsp3) is 0.805. The minimum absolute atomic E-state index is 0.218. The highest BCUT2D eigenvalue weighted by atomic mass is 16.8. The number of hydrogen-bond acceptors (Lipinski definition) is 18. The van der Waals surface area contributed by atoms with E-state index in [1.807, 2.05) is 6.08 Å². The maximum atomic E-state index is 13.4. The van der Waals surface area contributed by atoms with Crippen LogP contribution in [0.4, 0.5) is 0 Å². The lowest BCUT2D eigenvalue weighted by molar-refractivity contribution is -0.379. The molecule has 17 atom stereocenters. The van der Waals surface area contributed by atoms with Crippen molar-refractivity contribution in [3.05, 3.63) is 85.1 Å². The Morgan fingerprint density at radius 3 is 1.17 bits per heavy atom. The van der Waals surface area contributed by atoms with E-state index in [4.69, 9.17) is 28.4 Å². The molecule has 3 aliphatic rings. The molecule has 3 aliphatic heterocycles. The maximum Gasteiger partial charge on any atom is 0.220 e. The zero-order valence-electron chi connectivity index (χ0n) is 59.1. The number of allylic oxidation sites excluding steroid dienone is 13. The molecule has 0 saturated carbocycles. The number of aliphatic hydroxyl groups excluding tert-OH is 11. The van der Waals surface area contributed by atoms with Gasteiger partial charge < -0.3 is 89.9 Å². The molecule has 19 nitrogen and oxygen atoms in total. The number of ether oxygens (including phenoxy) is 6. The van der Waals surface area contributed by atoms with Crippen molar-refractivity contribution in [3.8, 4) is 0 Å². The molecule has 0 spiro atoms. The van der Waals surface area contributed by atoms with Crippen LogP contribution in [0.5, 0.6) is 0 Å². The number of hydrogen-bond donors (Lipinski definition) is 12. The van der Waals surface area contributed by atoms with Crippen LogP contribution in [0.2, 0.25) is 0 Å². The van der Waals surface area contributed by atoms with Crippen molar-refractivity contribution in [1.29, 1.82) is 0 Å². The molecule has 3 saturated heterocycles. The molecule has 556 valence electrons. The molecule has 0 bridgehead atoms. The van der Waals surface area contributed by atoms with E-state index in [1.165, 1.54) is 135 Å². The van der Waals surface area contributed by atoms with E-state index in [0.717, 1.165) is 96.3 Å². The molecule has 0 aliphatic carbocycles. The Kier molecular flexibility index (Phi) is 52.3. The minimum Gasteiger partial charge on any atom is -0.394 e. The zero-order valence-corrected chi connectivity index (χ0v) is 59.1. The summed E-state index contributed by atoms with van der Waals surface area (Å²) in [5.41, 5.74) is 0. The summed E-state index contributed by atoms with van der Waals surface area (Å²) in [4.78, 5) is 13.4. The van der Waals surface area contributed by atoms with Gasteiger partial charge in [0.2, 0.25) is 5.91 Å². The van der Waals surface area contributed by atoms with Crippen LogP contribution >= 0.6 is 0 Å². The fourth-order valence-electron chi connectivity index (χ4n) is 12.4. The molecule has 1 amide bonds. The van der Waals surface area contributed by atoms with Gasteiger partial charge in [-0.2, -0.15) is 0 Å². The zero-order chi connectivity index (χ0) is 69.6. The molecular formula is C77H135NO18. The van der Waals surface area contributed by atoms with E-state index < -0.39 is 124 Å². The Bertz CT molecular complexity index is 2070. The minimum atomic E-state index is -1.99. The molecule has 0 aromatic heterocycles. The monoisotopic (exact) mass is 1360 g/mol. The fourth-order valence-corrected chi connectivity index (χ4v) is 12.4. The number of amides is 1. The SMILES string of the molecule is CC/C=C\C/C=C\C/C=C\C/C=C\C/C=C\CCCCCCCCCC(=O)NC(COC1OC(CO)C(OC2OC(CO)C(OC3OC(CO)C(O)C(O)C3O)C(O)C2O)C(O)C1O)C(O)/C=C/CC/C=C/CCCCCCCCCCCCCCCCCCCCCCCC. The topological polar surface area (TPSA) is 307 Å². The Labute approximate surface area is 578 Å². The van der Waals surface area contributed by atoms with Crippen molar-refractivity contribution < 1.29 is 89.4 Å². The van der Waals surface area contributed by atoms with Gasteiger partial charge in [0, 0.05) is 6.42 Å². The van der Waals surface area contributed by atoms with Crippen LogP contribution in [0, 0.1) is 0 Å². The van der Waals surface area contributed by atoms with Crippen molar-refractivity contribution >= 4 is 5.91 Å². The summed E-state index contributed by atoms with van der Waals surface area (Å²) >= 11 is 0. The number of nitrogens with one attached hydrogen (secondary N) is 1. The predicted octanol–water partition coefficient (Wildman–Crippen LogP) is 11.4. The Hall–Kier alpha value is -3.03. The van der Waals surface area contributed by atoms with Crippen LogP contribution in [0.3, 0.4) is 0 Å². The summed E-state index contributed by atoms with van der Waals surface area (Å²) < 4.78 is 34.4. The molecule has 17 unspecified atom stereocenters. The predicted molar refractivity (Wildman–Crippen MR) is 378 cm³/mol. The molecule has 3 heterocycles. The molecule has 3 rings (SSSR count). The third kappa shape index (κ3) is 38.1. The Balaban J connectivity index is 1.42. The van der Waals surface area contributed by atoms with Gasteiger partial charge in [-0.15, -0.1) is 0 Å². The number of unbranched alkanes of at least 4 members (excludes halogenated alkanes) is 30. The van der Waals surface area contributed by atoms with Gasteiger partial charge in [0.1, 0.15) is 73.2 Å². The highest BCUT2D eigenvalue weighted by Crippen LogP contribution is 2.33. The summed E-state index contributed by atoms with van der Waals surface area (Å²) in [7, 11) is 0. The number of carbonyl (C=O) groups is 1. The Morgan fingerprint density at radius 1 is 0.385 bits per heavy atom. The van der Waals surface area contributed by atoms with E-state index in [0.29, 0.717) is 12.8 Å². The molecule has 12 N–H and O–H groups in total. The lowest BCUT2D eigenvalue weighted by Gasteiger charge is -2.48. The van der Waals surface area contributed by atoms with E-state index in [-0.39, 0.29) is 18.9 Å². The molecular weight excluding hydrogens is 1230 g/mol. The van der Waals surface area contributed by atoms with Gasteiger partial charge >= 0.3 is 0 Å². The quantitative estimate of drug-likeness (QED) is 0.0199. The van der Waals surface area contributed by atoms with E-state index in [9.17, 15) is 61.0 Å². The molecule has 96 heavy (non-hydrogen) atoms.